The highest BCUT2D eigenvalue weighted by molar-refractivity contribution is 5.84. The third-order valence-corrected chi connectivity index (χ3v) is 4.48. The van der Waals surface area contributed by atoms with Crippen LogP contribution in [0.5, 0.6) is 0 Å². The van der Waals surface area contributed by atoms with E-state index in [4.69, 9.17) is 0 Å². The number of rotatable bonds is 4. The lowest BCUT2D eigenvalue weighted by atomic mass is 10.0. The molecule has 0 aliphatic carbocycles. The molecule has 0 spiro atoms. The van der Waals surface area contributed by atoms with E-state index >= 15 is 0 Å². The summed E-state index contributed by atoms with van der Waals surface area (Å²) >= 11 is 0. The maximum atomic E-state index is 14.2. The van der Waals surface area contributed by atoms with Gasteiger partial charge in [-0.05, 0) is 54.1 Å². The van der Waals surface area contributed by atoms with Crippen molar-refractivity contribution in [3.05, 3.63) is 82.2 Å². The van der Waals surface area contributed by atoms with Crippen LogP contribution in [0.15, 0.2) is 36.4 Å². The van der Waals surface area contributed by atoms with Crippen LogP contribution in [-0.4, -0.2) is 0 Å². The lowest BCUT2D eigenvalue weighted by Crippen LogP contribution is -1.95. The van der Waals surface area contributed by atoms with Crippen molar-refractivity contribution in [3.8, 4) is 11.8 Å². The highest BCUT2D eigenvalue weighted by Gasteiger charge is 2.13. The molecule has 28 heavy (non-hydrogen) atoms. The number of hydrogen-bond acceptors (Lipinski definition) is 0. The molecule has 3 rings (SSSR count). The first kappa shape index (κ1) is 19.9. The summed E-state index contributed by atoms with van der Waals surface area (Å²) in [6.45, 7) is 2.05. The summed E-state index contributed by atoms with van der Waals surface area (Å²) < 4.78 is 68.9. The summed E-state index contributed by atoms with van der Waals surface area (Å²) in [4.78, 5) is 0. The molecule has 0 heterocycles. The Kier molecular flexibility index (Phi) is 5.99. The average Bonchev–Trinajstić information content (AvgIpc) is 2.65. The second-order valence-electron chi connectivity index (χ2n) is 6.56. The van der Waals surface area contributed by atoms with Gasteiger partial charge in [-0.15, -0.1) is 0 Å². The molecule has 0 N–H and O–H groups in total. The van der Waals surface area contributed by atoms with E-state index in [0.29, 0.717) is 17.5 Å². The van der Waals surface area contributed by atoms with Gasteiger partial charge in [-0.2, -0.15) is 0 Å². The van der Waals surface area contributed by atoms with E-state index < -0.39 is 29.1 Å². The molecule has 0 unspecified atom stereocenters. The third kappa shape index (κ3) is 4.17. The first-order chi connectivity index (χ1) is 13.4. The largest absolute Gasteiger partial charge is 0.206 e. The molecule has 0 bridgehead atoms. The van der Waals surface area contributed by atoms with Crippen molar-refractivity contribution in [1.29, 1.82) is 0 Å². The smallest absolute Gasteiger partial charge is 0.195 e. The molecule has 3 aromatic rings. The fourth-order valence-corrected chi connectivity index (χ4v) is 2.99. The summed E-state index contributed by atoms with van der Waals surface area (Å²) in [5.41, 5.74) is 0.507. The molecular formula is C23H17F5. The van der Waals surface area contributed by atoms with Gasteiger partial charge in [0, 0.05) is 10.9 Å². The first-order valence-corrected chi connectivity index (χ1v) is 8.98. The number of fused-ring (bicyclic) bond motifs is 1. The van der Waals surface area contributed by atoms with E-state index in [1.807, 2.05) is 6.92 Å². The van der Waals surface area contributed by atoms with Gasteiger partial charge in [-0.1, -0.05) is 37.7 Å². The van der Waals surface area contributed by atoms with Crippen LogP contribution < -0.4 is 0 Å². The molecule has 0 aliphatic heterocycles. The minimum atomic E-state index is -1.55. The van der Waals surface area contributed by atoms with Gasteiger partial charge in [-0.3, -0.25) is 0 Å². The van der Waals surface area contributed by atoms with E-state index in [1.54, 1.807) is 0 Å². The minimum Gasteiger partial charge on any atom is -0.206 e. The van der Waals surface area contributed by atoms with Gasteiger partial charge in [0.1, 0.15) is 11.6 Å². The van der Waals surface area contributed by atoms with Crippen LogP contribution in [0, 0.1) is 40.9 Å². The monoisotopic (exact) mass is 388 g/mol. The van der Waals surface area contributed by atoms with Crippen molar-refractivity contribution in [2.45, 2.75) is 32.6 Å². The van der Waals surface area contributed by atoms with Crippen LogP contribution in [0.1, 0.15) is 42.9 Å². The Morgan fingerprint density at radius 1 is 0.750 bits per heavy atom. The standard InChI is InChI=1S/C23H17F5/c1-2-3-4-5-15-11-19(24)18(20(25)12-15)9-7-14-6-8-17-16(10-14)13-21(26)23(28)22(17)27/h6,8,10-13H,2-5H2,1H3. The van der Waals surface area contributed by atoms with E-state index in [1.165, 1.54) is 30.3 Å². The van der Waals surface area contributed by atoms with Crippen molar-refractivity contribution in [3.63, 3.8) is 0 Å². The molecule has 0 aromatic heterocycles. The van der Waals surface area contributed by atoms with Gasteiger partial charge < -0.3 is 0 Å². The predicted octanol–water partition coefficient (Wildman–Crippen LogP) is 6.67. The van der Waals surface area contributed by atoms with E-state index in [0.717, 1.165) is 25.3 Å². The molecule has 0 aliphatic rings. The number of halogens is 5. The Morgan fingerprint density at radius 3 is 2.14 bits per heavy atom. The van der Waals surface area contributed by atoms with Gasteiger partial charge in [0.25, 0.3) is 0 Å². The van der Waals surface area contributed by atoms with Crippen molar-refractivity contribution < 1.29 is 22.0 Å². The normalized spacial score (nSPS) is 10.8. The maximum Gasteiger partial charge on any atom is 0.195 e. The highest BCUT2D eigenvalue weighted by Crippen LogP contribution is 2.24. The highest BCUT2D eigenvalue weighted by atomic mass is 19.2. The van der Waals surface area contributed by atoms with Gasteiger partial charge in [0.15, 0.2) is 17.5 Å². The van der Waals surface area contributed by atoms with Crippen molar-refractivity contribution in [1.82, 2.24) is 0 Å². The number of benzene rings is 3. The summed E-state index contributed by atoms with van der Waals surface area (Å²) in [5.74, 6) is -0.622. The Morgan fingerprint density at radius 2 is 1.46 bits per heavy atom. The molecule has 0 amide bonds. The molecule has 0 nitrogen and oxygen atoms in total. The molecule has 0 saturated carbocycles. The third-order valence-electron chi connectivity index (χ3n) is 4.48. The predicted molar refractivity (Wildman–Crippen MR) is 99.4 cm³/mol. The van der Waals surface area contributed by atoms with Crippen LogP contribution in [0.25, 0.3) is 10.8 Å². The average molecular weight is 388 g/mol. The van der Waals surface area contributed by atoms with Crippen LogP contribution in [0.2, 0.25) is 0 Å². The zero-order valence-electron chi connectivity index (χ0n) is 15.2. The van der Waals surface area contributed by atoms with Crippen molar-refractivity contribution in [2.24, 2.45) is 0 Å². The molecule has 0 atom stereocenters. The number of aryl methyl sites for hydroxylation is 1. The molecular weight excluding hydrogens is 371 g/mol. The fourth-order valence-electron chi connectivity index (χ4n) is 2.99. The lowest BCUT2D eigenvalue weighted by Gasteiger charge is -2.04. The number of unbranched alkanes of at least 4 members (excludes halogenated alkanes) is 2. The Balaban J connectivity index is 1.92. The van der Waals surface area contributed by atoms with Crippen LogP contribution in [0.4, 0.5) is 22.0 Å². The van der Waals surface area contributed by atoms with Gasteiger partial charge in [0.05, 0.1) is 5.56 Å². The van der Waals surface area contributed by atoms with Crippen molar-refractivity contribution >= 4 is 10.8 Å². The van der Waals surface area contributed by atoms with Gasteiger partial charge >= 0.3 is 0 Å². The molecule has 5 heteroatoms. The van der Waals surface area contributed by atoms with Crippen molar-refractivity contribution in [2.75, 3.05) is 0 Å². The topological polar surface area (TPSA) is 0 Å². The Bertz CT molecular complexity index is 1070. The molecule has 144 valence electrons. The molecule has 0 fully saturated rings. The maximum absolute atomic E-state index is 14.2. The molecule has 0 saturated heterocycles. The van der Waals surface area contributed by atoms with Gasteiger partial charge in [-0.25, -0.2) is 22.0 Å². The fraction of sp³-hybridized carbons (Fsp3) is 0.217. The van der Waals surface area contributed by atoms with E-state index in [9.17, 15) is 22.0 Å². The Labute approximate surface area is 160 Å². The first-order valence-electron chi connectivity index (χ1n) is 8.98. The summed E-state index contributed by atoms with van der Waals surface area (Å²) in [6.07, 6.45) is 3.44. The molecule has 3 aromatic carbocycles. The quantitative estimate of drug-likeness (QED) is 0.203. The summed E-state index contributed by atoms with van der Waals surface area (Å²) in [7, 11) is 0. The summed E-state index contributed by atoms with van der Waals surface area (Å²) in [5, 5.41) is 0.00802. The summed E-state index contributed by atoms with van der Waals surface area (Å²) in [6, 6.07) is 7.37. The zero-order valence-corrected chi connectivity index (χ0v) is 15.2. The second kappa shape index (κ2) is 8.43. The molecule has 0 radical (unpaired) electrons. The zero-order chi connectivity index (χ0) is 20.3. The number of hydrogen-bond donors (Lipinski definition) is 0. The van der Waals surface area contributed by atoms with Crippen LogP contribution >= 0.6 is 0 Å². The minimum absolute atomic E-state index is 0.0988. The Hall–Kier alpha value is -2.87. The SMILES string of the molecule is CCCCCc1cc(F)c(C#Cc2ccc3c(F)c(F)c(F)cc3c2)c(F)c1. The van der Waals surface area contributed by atoms with E-state index in [-0.39, 0.29) is 16.3 Å². The second-order valence-corrected chi connectivity index (χ2v) is 6.56. The van der Waals surface area contributed by atoms with Crippen LogP contribution in [0.3, 0.4) is 0 Å². The van der Waals surface area contributed by atoms with E-state index in [2.05, 4.69) is 11.8 Å². The van der Waals surface area contributed by atoms with Gasteiger partial charge in [0.2, 0.25) is 0 Å². The lowest BCUT2D eigenvalue weighted by molar-refractivity contribution is 0.453. The van der Waals surface area contributed by atoms with Crippen LogP contribution in [-0.2, 0) is 6.42 Å².